The van der Waals surface area contributed by atoms with Crippen molar-refractivity contribution in [3.8, 4) is 5.75 Å². The van der Waals surface area contributed by atoms with Crippen LogP contribution in [0.4, 0.5) is 0 Å². The van der Waals surface area contributed by atoms with Crippen LogP contribution in [-0.2, 0) is 6.54 Å². The fourth-order valence-electron chi connectivity index (χ4n) is 6.10. The second kappa shape index (κ2) is 8.10. The van der Waals surface area contributed by atoms with Crippen LogP contribution in [0.15, 0.2) is 73.4 Å². The van der Waals surface area contributed by atoms with Gasteiger partial charge in [-0.05, 0) is 35.7 Å². The number of rotatable bonds is 6. The smallest absolute Gasteiger partial charge is 0.131 e. The van der Waals surface area contributed by atoms with Crippen molar-refractivity contribution in [2.75, 3.05) is 20.2 Å². The Kier molecular flexibility index (Phi) is 5.28. The van der Waals surface area contributed by atoms with Gasteiger partial charge in [0.05, 0.1) is 25.7 Å². The summed E-state index contributed by atoms with van der Waals surface area (Å²) in [6.45, 7) is 7.17. The largest absolute Gasteiger partial charge is 0.497 e. The summed E-state index contributed by atoms with van der Waals surface area (Å²) in [7, 11) is 1.72. The van der Waals surface area contributed by atoms with Crippen molar-refractivity contribution in [3.63, 3.8) is 0 Å². The van der Waals surface area contributed by atoms with Crippen LogP contribution in [-0.4, -0.2) is 40.8 Å². The topological polar surface area (TPSA) is 42.4 Å². The number of methoxy groups -OCH3 is 1. The molecule has 4 heteroatoms. The summed E-state index contributed by atoms with van der Waals surface area (Å²) in [6.07, 6.45) is 5.68. The molecule has 0 aliphatic carbocycles. The molecule has 0 spiro atoms. The lowest BCUT2D eigenvalue weighted by Crippen LogP contribution is -2.67. The summed E-state index contributed by atoms with van der Waals surface area (Å²) < 4.78 is 6.38. The first kappa shape index (κ1) is 20.2. The number of fused-ring (bicyclic) bond motifs is 4. The Morgan fingerprint density at radius 3 is 2.94 bits per heavy atom. The number of ether oxygens (including phenoxy) is 1. The molecule has 1 aromatic heterocycles. The van der Waals surface area contributed by atoms with E-state index in [0.29, 0.717) is 11.8 Å². The van der Waals surface area contributed by atoms with Gasteiger partial charge in [0.15, 0.2) is 0 Å². The van der Waals surface area contributed by atoms with Gasteiger partial charge in [0, 0.05) is 35.9 Å². The number of para-hydroxylation sites is 1. The van der Waals surface area contributed by atoms with Gasteiger partial charge < -0.3 is 14.3 Å². The van der Waals surface area contributed by atoms with Crippen LogP contribution in [0.25, 0.3) is 10.9 Å². The molecule has 31 heavy (non-hydrogen) atoms. The summed E-state index contributed by atoms with van der Waals surface area (Å²) in [5.41, 5.74) is 3.21. The molecule has 3 saturated heterocycles. The molecule has 0 amide bonds. The molecule has 5 atom stereocenters. The highest BCUT2D eigenvalue weighted by atomic mass is 16.5. The molecule has 3 aromatic rings. The molecule has 3 fully saturated rings. The SMILES string of the molecule is C=CC1C[N+]2(Cc3cccc(OC)c3)CCC1CC2[C@H](O)c1ccnc2ccccc12. The van der Waals surface area contributed by atoms with Crippen molar-refractivity contribution >= 4 is 10.9 Å². The van der Waals surface area contributed by atoms with E-state index in [0.717, 1.165) is 52.8 Å². The maximum Gasteiger partial charge on any atom is 0.131 e. The fourth-order valence-corrected chi connectivity index (χ4v) is 6.10. The second-order valence-electron chi connectivity index (χ2n) is 9.25. The average Bonchev–Trinajstić information content (AvgIpc) is 2.83. The maximum absolute atomic E-state index is 11.8. The van der Waals surface area contributed by atoms with Gasteiger partial charge in [-0.3, -0.25) is 4.98 Å². The zero-order chi connectivity index (χ0) is 21.4. The Balaban J connectivity index is 1.55. The maximum atomic E-state index is 11.8. The first-order valence-electron chi connectivity index (χ1n) is 11.3. The molecule has 160 valence electrons. The molecule has 3 aliphatic rings. The van der Waals surface area contributed by atoms with Gasteiger partial charge in [0.2, 0.25) is 0 Å². The number of aliphatic hydroxyl groups is 1. The predicted molar refractivity (Wildman–Crippen MR) is 124 cm³/mol. The molecule has 4 nitrogen and oxygen atoms in total. The van der Waals surface area contributed by atoms with Gasteiger partial charge in [-0.1, -0.05) is 36.4 Å². The highest BCUT2D eigenvalue weighted by molar-refractivity contribution is 5.82. The van der Waals surface area contributed by atoms with E-state index in [2.05, 4.69) is 41.9 Å². The van der Waals surface area contributed by atoms with Crippen molar-refractivity contribution in [3.05, 3.63) is 84.6 Å². The van der Waals surface area contributed by atoms with Gasteiger partial charge in [-0.15, -0.1) is 6.58 Å². The van der Waals surface area contributed by atoms with Crippen molar-refractivity contribution in [1.29, 1.82) is 0 Å². The predicted octanol–water partition coefficient (Wildman–Crippen LogP) is 4.89. The van der Waals surface area contributed by atoms with Crippen LogP contribution < -0.4 is 4.74 Å². The minimum Gasteiger partial charge on any atom is -0.497 e. The summed E-state index contributed by atoms with van der Waals surface area (Å²) in [5, 5.41) is 12.8. The molecule has 3 aliphatic heterocycles. The van der Waals surface area contributed by atoms with E-state index in [4.69, 9.17) is 4.74 Å². The van der Waals surface area contributed by atoms with Crippen molar-refractivity contribution in [2.45, 2.75) is 31.5 Å². The third-order valence-corrected chi connectivity index (χ3v) is 7.67. The van der Waals surface area contributed by atoms with Crippen LogP contribution in [0.3, 0.4) is 0 Å². The van der Waals surface area contributed by atoms with Crippen LogP contribution in [0.5, 0.6) is 5.75 Å². The van der Waals surface area contributed by atoms with Crippen LogP contribution in [0.2, 0.25) is 0 Å². The zero-order valence-electron chi connectivity index (χ0n) is 18.2. The lowest BCUT2D eigenvalue weighted by atomic mass is 9.71. The minimum atomic E-state index is -0.521. The van der Waals surface area contributed by atoms with Gasteiger partial charge in [-0.25, -0.2) is 0 Å². The van der Waals surface area contributed by atoms with Crippen molar-refractivity contribution in [2.24, 2.45) is 11.8 Å². The summed E-state index contributed by atoms with van der Waals surface area (Å²) >= 11 is 0. The lowest BCUT2D eigenvalue weighted by Gasteiger charge is -2.58. The minimum absolute atomic E-state index is 0.159. The van der Waals surface area contributed by atoms with Gasteiger partial charge in [0.1, 0.15) is 24.4 Å². The normalized spacial score (nSPS) is 28.4. The Hall–Kier alpha value is -2.69. The molecule has 0 radical (unpaired) electrons. The molecule has 2 bridgehead atoms. The molecule has 2 aromatic carbocycles. The second-order valence-corrected chi connectivity index (χ2v) is 9.25. The van der Waals surface area contributed by atoms with Crippen LogP contribution in [0.1, 0.15) is 30.1 Å². The van der Waals surface area contributed by atoms with Gasteiger partial charge in [0.25, 0.3) is 0 Å². The third-order valence-electron chi connectivity index (χ3n) is 7.67. The number of pyridine rings is 1. The van der Waals surface area contributed by atoms with E-state index >= 15 is 0 Å². The van der Waals surface area contributed by atoms with Crippen LogP contribution >= 0.6 is 0 Å². The van der Waals surface area contributed by atoms with Crippen molar-refractivity contribution in [1.82, 2.24) is 4.98 Å². The van der Waals surface area contributed by atoms with Crippen molar-refractivity contribution < 1.29 is 14.3 Å². The fraction of sp³-hybridized carbons (Fsp3) is 0.370. The van der Waals surface area contributed by atoms with Gasteiger partial charge >= 0.3 is 0 Å². The number of piperidine rings is 3. The summed E-state index contributed by atoms with van der Waals surface area (Å²) in [6, 6.07) is 18.7. The van der Waals surface area contributed by atoms with E-state index in [-0.39, 0.29) is 6.04 Å². The highest BCUT2D eigenvalue weighted by Gasteiger charge is 2.54. The Morgan fingerprint density at radius 2 is 2.10 bits per heavy atom. The number of aromatic nitrogens is 1. The van der Waals surface area contributed by atoms with E-state index in [1.165, 1.54) is 12.0 Å². The van der Waals surface area contributed by atoms with E-state index < -0.39 is 6.10 Å². The molecule has 1 N–H and O–H groups in total. The van der Waals surface area contributed by atoms with E-state index in [1.807, 2.05) is 36.5 Å². The monoisotopic (exact) mass is 415 g/mol. The Bertz CT molecular complexity index is 1090. The molecular weight excluding hydrogens is 384 g/mol. The summed E-state index contributed by atoms with van der Waals surface area (Å²) in [4.78, 5) is 4.50. The van der Waals surface area contributed by atoms with E-state index in [1.54, 1.807) is 7.11 Å². The number of hydrogen-bond acceptors (Lipinski definition) is 3. The number of aliphatic hydroxyl groups excluding tert-OH is 1. The molecule has 0 saturated carbocycles. The molecule has 4 unspecified atom stereocenters. The molecular formula is C27H31N2O2+. The molecule has 6 rings (SSSR count). The lowest BCUT2D eigenvalue weighted by molar-refractivity contribution is -0.984. The van der Waals surface area contributed by atoms with E-state index in [9.17, 15) is 5.11 Å². The zero-order valence-corrected chi connectivity index (χ0v) is 18.2. The number of benzene rings is 2. The third kappa shape index (κ3) is 3.54. The first-order chi connectivity index (χ1) is 15.1. The van der Waals surface area contributed by atoms with Crippen LogP contribution in [0, 0.1) is 11.8 Å². The van der Waals surface area contributed by atoms with Gasteiger partial charge in [-0.2, -0.15) is 0 Å². The Labute approximate surface area is 184 Å². The first-order valence-corrected chi connectivity index (χ1v) is 11.3. The highest BCUT2D eigenvalue weighted by Crippen LogP contribution is 2.48. The summed E-state index contributed by atoms with van der Waals surface area (Å²) in [5.74, 6) is 2.01. The quantitative estimate of drug-likeness (QED) is 0.460. The standard InChI is InChI=1S/C27H31N2O2/c1-3-20-18-29(17-19-7-6-8-22(15-19)31-2)14-12-21(20)16-26(29)27(30)24-11-13-28-25-10-5-4-9-23(24)25/h3-11,13,15,20-21,26-27,30H,1,12,14,16-18H2,2H3/q+1/t20?,21?,26?,27-,29?/m1/s1. The number of quaternary nitrogens is 1. The number of nitrogens with zero attached hydrogens (tertiary/aromatic N) is 2. The number of hydrogen-bond donors (Lipinski definition) is 1. The average molecular weight is 416 g/mol. The molecule has 4 heterocycles. The Morgan fingerprint density at radius 1 is 1.23 bits per heavy atom.